The fraction of sp³-hybridized carbons (Fsp3) is 0. The van der Waals surface area contributed by atoms with Crippen LogP contribution in [-0.4, -0.2) is 0 Å². The SMILES string of the molecule is Fc1ccc(-c2cc(Cl)c(Cl)c(Cl)c2Cl)cc1. The van der Waals surface area contributed by atoms with Gasteiger partial charge in [-0.1, -0.05) is 58.5 Å². The highest BCUT2D eigenvalue weighted by Gasteiger charge is 2.14. The summed E-state index contributed by atoms with van der Waals surface area (Å²) in [7, 11) is 0. The van der Waals surface area contributed by atoms with Crippen molar-refractivity contribution in [3.63, 3.8) is 0 Å². The molecule has 0 aromatic heterocycles. The van der Waals surface area contributed by atoms with Crippen molar-refractivity contribution in [3.8, 4) is 11.1 Å². The van der Waals surface area contributed by atoms with Gasteiger partial charge in [-0.05, 0) is 23.8 Å². The maximum absolute atomic E-state index is 12.8. The Bertz CT molecular complexity index is 564. The predicted octanol–water partition coefficient (Wildman–Crippen LogP) is 6.11. The molecule has 0 nitrogen and oxygen atoms in total. The summed E-state index contributed by atoms with van der Waals surface area (Å²) >= 11 is 23.8. The molecule has 88 valence electrons. The first-order valence-corrected chi connectivity index (χ1v) is 6.11. The molecule has 0 amide bonds. The molecule has 0 bridgehead atoms. The van der Waals surface area contributed by atoms with Crippen molar-refractivity contribution >= 4 is 46.4 Å². The Balaban J connectivity index is 2.64. The van der Waals surface area contributed by atoms with E-state index >= 15 is 0 Å². The van der Waals surface area contributed by atoms with Gasteiger partial charge >= 0.3 is 0 Å². The van der Waals surface area contributed by atoms with E-state index in [1.165, 1.54) is 12.1 Å². The molecule has 0 radical (unpaired) electrons. The van der Waals surface area contributed by atoms with Crippen LogP contribution in [0.1, 0.15) is 0 Å². The Labute approximate surface area is 118 Å². The monoisotopic (exact) mass is 308 g/mol. The van der Waals surface area contributed by atoms with E-state index in [1.54, 1.807) is 18.2 Å². The molecule has 0 saturated heterocycles. The lowest BCUT2D eigenvalue weighted by molar-refractivity contribution is 0.628. The van der Waals surface area contributed by atoms with E-state index in [2.05, 4.69) is 0 Å². The third-order valence-corrected chi connectivity index (χ3v) is 4.01. The van der Waals surface area contributed by atoms with Gasteiger partial charge in [-0.15, -0.1) is 0 Å². The Hall–Kier alpha value is -0.470. The van der Waals surface area contributed by atoms with Crippen LogP contribution in [-0.2, 0) is 0 Å². The third-order valence-electron chi connectivity index (χ3n) is 2.26. The number of rotatable bonds is 1. The molecule has 2 aromatic carbocycles. The van der Waals surface area contributed by atoms with Crippen molar-refractivity contribution in [2.45, 2.75) is 0 Å². The zero-order valence-corrected chi connectivity index (χ0v) is 11.3. The Morgan fingerprint density at radius 1 is 0.765 bits per heavy atom. The van der Waals surface area contributed by atoms with E-state index in [0.29, 0.717) is 15.6 Å². The number of benzene rings is 2. The Kier molecular flexibility index (Phi) is 3.84. The van der Waals surface area contributed by atoms with Crippen LogP contribution in [0.2, 0.25) is 20.1 Å². The largest absolute Gasteiger partial charge is 0.207 e. The van der Waals surface area contributed by atoms with Crippen LogP contribution in [0, 0.1) is 5.82 Å². The molecule has 0 unspecified atom stereocenters. The lowest BCUT2D eigenvalue weighted by Gasteiger charge is -2.09. The zero-order chi connectivity index (χ0) is 12.6. The molecule has 0 aliphatic heterocycles. The maximum Gasteiger partial charge on any atom is 0.123 e. The van der Waals surface area contributed by atoms with Gasteiger partial charge in [0, 0.05) is 5.56 Å². The van der Waals surface area contributed by atoms with Gasteiger partial charge in [0.15, 0.2) is 0 Å². The second-order valence-corrected chi connectivity index (χ2v) is 4.90. The standard InChI is InChI=1S/C12H5Cl4F/c13-9-5-8(10(14)12(16)11(9)15)6-1-3-7(17)4-2-6/h1-5H. The molecule has 0 aliphatic carbocycles. The molecular weight excluding hydrogens is 305 g/mol. The summed E-state index contributed by atoms with van der Waals surface area (Å²) in [5, 5.41) is 1.01. The van der Waals surface area contributed by atoms with Gasteiger partial charge in [0.2, 0.25) is 0 Å². The molecule has 2 aromatic rings. The highest BCUT2D eigenvalue weighted by Crippen LogP contribution is 2.42. The third kappa shape index (κ3) is 2.53. The fourth-order valence-corrected chi connectivity index (χ4v) is 2.32. The van der Waals surface area contributed by atoms with E-state index in [1.807, 2.05) is 0 Å². The van der Waals surface area contributed by atoms with Gasteiger partial charge in [-0.25, -0.2) is 4.39 Å². The molecule has 17 heavy (non-hydrogen) atoms. The topological polar surface area (TPSA) is 0 Å². The number of halogens is 5. The molecule has 0 saturated carbocycles. The van der Waals surface area contributed by atoms with Crippen molar-refractivity contribution in [2.24, 2.45) is 0 Å². The van der Waals surface area contributed by atoms with Crippen LogP contribution >= 0.6 is 46.4 Å². The lowest BCUT2D eigenvalue weighted by Crippen LogP contribution is -1.84. The van der Waals surface area contributed by atoms with Crippen LogP contribution in [0.5, 0.6) is 0 Å². The molecule has 0 spiro atoms. The van der Waals surface area contributed by atoms with Crippen LogP contribution in [0.4, 0.5) is 4.39 Å². The van der Waals surface area contributed by atoms with E-state index < -0.39 is 0 Å². The van der Waals surface area contributed by atoms with Gasteiger partial charge in [0.25, 0.3) is 0 Å². The molecule has 0 N–H and O–H groups in total. The Morgan fingerprint density at radius 3 is 1.94 bits per heavy atom. The molecule has 2 rings (SSSR count). The highest BCUT2D eigenvalue weighted by atomic mass is 35.5. The average molecular weight is 310 g/mol. The maximum atomic E-state index is 12.8. The summed E-state index contributed by atoms with van der Waals surface area (Å²) in [4.78, 5) is 0. The molecule has 0 heterocycles. The highest BCUT2D eigenvalue weighted by molar-refractivity contribution is 6.52. The zero-order valence-electron chi connectivity index (χ0n) is 8.28. The second kappa shape index (κ2) is 5.03. The number of hydrogen-bond donors (Lipinski definition) is 0. The fourth-order valence-electron chi connectivity index (χ4n) is 1.41. The predicted molar refractivity (Wildman–Crippen MR) is 71.9 cm³/mol. The summed E-state index contributed by atoms with van der Waals surface area (Å²) in [6, 6.07) is 7.46. The summed E-state index contributed by atoms with van der Waals surface area (Å²) in [5.74, 6) is -0.323. The van der Waals surface area contributed by atoms with Crippen molar-refractivity contribution in [2.75, 3.05) is 0 Å². The van der Waals surface area contributed by atoms with Gasteiger partial charge in [0.05, 0.1) is 20.1 Å². The van der Waals surface area contributed by atoms with Gasteiger partial charge in [-0.3, -0.25) is 0 Å². The summed E-state index contributed by atoms with van der Waals surface area (Å²) < 4.78 is 12.8. The molecule has 0 aliphatic rings. The van der Waals surface area contributed by atoms with Crippen LogP contribution in [0.3, 0.4) is 0 Å². The summed E-state index contributed by atoms with van der Waals surface area (Å²) in [6.07, 6.45) is 0. The Morgan fingerprint density at radius 2 is 1.35 bits per heavy atom. The molecule has 0 fully saturated rings. The van der Waals surface area contributed by atoms with Crippen LogP contribution in [0.15, 0.2) is 30.3 Å². The minimum Gasteiger partial charge on any atom is -0.207 e. The summed E-state index contributed by atoms with van der Waals surface area (Å²) in [5.41, 5.74) is 1.34. The van der Waals surface area contributed by atoms with Crippen molar-refractivity contribution in [3.05, 3.63) is 56.2 Å². The second-order valence-electron chi connectivity index (χ2n) is 3.35. The van der Waals surface area contributed by atoms with E-state index in [0.717, 1.165) is 5.56 Å². The number of hydrogen-bond acceptors (Lipinski definition) is 0. The minimum absolute atomic E-state index is 0.195. The molecule has 0 atom stereocenters. The smallest absolute Gasteiger partial charge is 0.123 e. The van der Waals surface area contributed by atoms with E-state index in [9.17, 15) is 4.39 Å². The first-order valence-electron chi connectivity index (χ1n) is 4.59. The normalized spacial score (nSPS) is 10.6. The molecular formula is C12H5Cl4F. The first kappa shape index (κ1) is 13.0. The van der Waals surface area contributed by atoms with E-state index in [4.69, 9.17) is 46.4 Å². The van der Waals surface area contributed by atoms with Crippen molar-refractivity contribution < 1.29 is 4.39 Å². The van der Waals surface area contributed by atoms with Gasteiger partial charge in [-0.2, -0.15) is 0 Å². The first-order chi connectivity index (χ1) is 8.00. The van der Waals surface area contributed by atoms with Gasteiger partial charge < -0.3 is 0 Å². The van der Waals surface area contributed by atoms with E-state index in [-0.39, 0.29) is 15.9 Å². The van der Waals surface area contributed by atoms with Crippen LogP contribution in [0.25, 0.3) is 11.1 Å². The lowest BCUT2D eigenvalue weighted by atomic mass is 10.1. The van der Waals surface area contributed by atoms with Crippen molar-refractivity contribution in [1.29, 1.82) is 0 Å². The van der Waals surface area contributed by atoms with Crippen LogP contribution < -0.4 is 0 Å². The average Bonchev–Trinajstić information content (AvgIpc) is 2.32. The minimum atomic E-state index is -0.323. The molecule has 5 heteroatoms. The summed E-state index contributed by atoms with van der Waals surface area (Å²) in [6.45, 7) is 0. The van der Waals surface area contributed by atoms with Crippen molar-refractivity contribution in [1.82, 2.24) is 0 Å². The quantitative estimate of drug-likeness (QED) is 0.440. The van der Waals surface area contributed by atoms with Gasteiger partial charge in [0.1, 0.15) is 5.82 Å².